The molecule has 1 unspecified atom stereocenters. The van der Waals surface area contributed by atoms with E-state index >= 15 is 0 Å². The minimum absolute atomic E-state index is 0.0923. The highest BCUT2D eigenvalue weighted by Crippen LogP contribution is 2.02. The van der Waals surface area contributed by atoms with Gasteiger partial charge in [-0.3, -0.25) is 14.6 Å². The summed E-state index contributed by atoms with van der Waals surface area (Å²) in [5, 5.41) is 11.1. The van der Waals surface area contributed by atoms with Gasteiger partial charge in [0.1, 0.15) is 0 Å². The van der Waals surface area contributed by atoms with Crippen LogP contribution in [0.25, 0.3) is 0 Å². The molecule has 0 fully saturated rings. The Bertz CT molecular complexity index is 404. The maximum atomic E-state index is 11.6. The minimum atomic E-state index is -0.935. The third-order valence-corrected chi connectivity index (χ3v) is 2.00. The van der Waals surface area contributed by atoms with Gasteiger partial charge in [0.05, 0.1) is 12.0 Å². The molecule has 0 bridgehead atoms. The van der Waals surface area contributed by atoms with Crippen molar-refractivity contribution in [2.24, 2.45) is 0 Å². The Morgan fingerprint density at radius 3 is 2.75 bits per heavy atom. The van der Waals surface area contributed by atoms with Gasteiger partial charge < -0.3 is 10.4 Å². The van der Waals surface area contributed by atoms with Crippen molar-refractivity contribution < 1.29 is 14.7 Å². The number of amides is 1. The molecule has 16 heavy (non-hydrogen) atoms. The zero-order valence-electron chi connectivity index (χ0n) is 9.23. The van der Waals surface area contributed by atoms with Gasteiger partial charge in [-0.15, -0.1) is 0 Å². The molecule has 1 atom stereocenters. The van der Waals surface area contributed by atoms with Crippen molar-refractivity contribution in [2.45, 2.75) is 26.3 Å². The van der Waals surface area contributed by atoms with Gasteiger partial charge in [0, 0.05) is 18.4 Å². The lowest BCUT2D eigenvalue weighted by Gasteiger charge is -2.11. The molecule has 0 saturated carbocycles. The second-order valence-corrected chi connectivity index (χ2v) is 3.72. The number of carboxylic acids is 1. The zero-order valence-corrected chi connectivity index (χ0v) is 9.23. The van der Waals surface area contributed by atoms with Gasteiger partial charge in [0.15, 0.2) is 0 Å². The van der Waals surface area contributed by atoms with Crippen LogP contribution in [0.2, 0.25) is 0 Å². The van der Waals surface area contributed by atoms with Crippen LogP contribution in [0, 0.1) is 6.92 Å². The highest BCUT2D eigenvalue weighted by molar-refractivity contribution is 5.94. The average Bonchev–Trinajstić information content (AvgIpc) is 2.16. The lowest BCUT2D eigenvalue weighted by Crippen LogP contribution is -2.34. The van der Waals surface area contributed by atoms with Crippen LogP contribution in [0.4, 0.5) is 0 Å². The number of aryl methyl sites for hydroxylation is 1. The first-order chi connectivity index (χ1) is 7.49. The van der Waals surface area contributed by atoms with E-state index in [9.17, 15) is 9.59 Å². The second-order valence-electron chi connectivity index (χ2n) is 3.72. The number of carboxylic acid groups (broad SMARTS) is 1. The van der Waals surface area contributed by atoms with Crippen molar-refractivity contribution in [3.8, 4) is 0 Å². The van der Waals surface area contributed by atoms with Crippen molar-refractivity contribution in [3.63, 3.8) is 0 Å². The van der Waals surface area contributed by atoms with Gasteiger partial charge >= 0.3 is 5.97 Å². The van der Waals surface area contributed by atoms with E-state index in [0.717, 1.165) is 5.56 Å². The second kappa shape index (κ2) is 5.25. The van der Waals surface area contributed by atoms with Crippen molar-refractivity contribution in [1.82, 2.24) is 10.3 Å². The first kappa shape index (κ1) is 12.2. The summed E-state index contributed by atoms with van der Waals surface area (Å²) < 4.78 is 0. The minimum Gasteiger partial charge on any atom is -0.481 e. The number of hydrogen-bond donors (Lipinski definition) is 2. The van der Waals surface area contributed by atoms with E-state index < -0.39 is 12.0 Å². The predicted octanol–water partition coefficient (Wildman–Crippen LogP) is 0.983. The molecule has 86 valence electrons. The Morgan fingerprint density at radius 2 is 2.19 bits per heavy atom. The predicted molar refractivity (Wildman–Crippen MR) is 58.2 cm³/mol. The summed E-state index contributed by atoms with van der Waals surface area (Å²) in [6, 6.07) is 1.31. The molecule has 0 aliphatic heterocycles. The number of carbonyl (C=O) groups excluding carboxylic acids is 1. The summed E-state index contributed by atoms with van der Waals surface area (Å²) in [6.07, 6.45) is 3.01. The number of aromatic nitrogens is 1. The van der Waals surface area contributed by atoms with Crippen molar-refractivity contribution in [2.75, 3.05) is 0 Å². The smallest absolute Gasteiger partial charge is 0.305 e. The Labute approximate surface area is 93.5 Å². The van der Waals surface area contributed by atoms with Crippen LogP contribution in [0.5, 0.6) is 0 Å². The number of rotatable bonds is 4. The third kappa shape index (κ3) is 3.68. The van der Waals surface area contributed by atoms with Gasteiger partial charge in [-0.2, -0.15) is 0 Å². The molecule has 1 rings (SSSR count). The molecule has 5 nitrogen and oxygen atoms in total. The van der Waals surface area contributed by atoms with Crippen LogP contribution in [0.15, 0.2) is 18.5 Å². The highest BCUT2D eigenvalue weighted by Gasteiger charge is 2.12. The summed E-state index contributed by atoms with van der Waals surface area (Å²) in [5.41, 5.74) is 1.33. The SMILES string of the molecule is Cc1cncc(C(=O)NC(C)CC(=O)O)c1. The highest BCUT2D eigenvalue weighted by atomic mass is 16.4. The summed E-state index contributed by atoms with van der Waals surface area (Å²) in [7, 11) is 0. The maximum Gasteiger partial charge on any atom is 0.305 e. The van der Waals surface area contributed by atoms with Crippen molar-refractivity contribution >= 4 is 11.9 Å². The Kier molecular flexibility index (Phi) is 3.99. The monoisotopic (exact) mass is 222 g/mol. The Hall–Kier alpha value is -1.91. The number of hydrogen-bond acceptors (Lipinski definition) is 3. The molecular weight excluding hydrogens is 208 g/mol. The standard InChI is InChI=1S/C11H14N2O3/c1-7-3-9(6-12-5-7)11(16)13-8(2)4-10(14)15/h3,5-6,8H,4H2,1-2H3,(H,13,16)(H,14,15). The Balaban J connectivity index is 2.62. The molecule has 5 heteroatoms. The molecule has 0 spiro atoms. The molecule has 1 heterocycles. The fraction of sp³-hybridized carbons (Fsp3) is 0.364. The van der Waals surface area contributed by atoms with Crippen molar-refractivity contribution in [1.29, 1.82) is 0 Å². The van der Waals surface area contributed by atoms with Gasteiger partial charge in [-0.05, 0) is 25.5 Å². The van der Waals surface area contributed by atoms with Crippen LogP contribution in [0.1, 0.15) is 29.3 Å². The number of nitrogens with one attached hydrogen (secondary N) is 1. The summed E-state index contributed by atoms with van der Waals surface area (Å²) >= 11 is 0. The molecule has 1 aromatic rings. The van der Waals surface area contributed by atoms with Crippen LogP contribution < -0.4 is 5.32 Å². The van der Waals surface area contributed by atoms with E-state index in [-0.39, 0.29) is 12.3 Å². The summed E-state index contributed by atoms with van der Waals surface area (Å²) in [4.78, 5) is 26.0. The fourth-order valence-electron chi connectivity index (χ4n) is 1.30. The fourth-order valence-corrected chi connectivity index (χ4v) is 1.30. The lowest BCUT2D eigenvalue weighted by molar-refractivity contribution is -0.137. The third-order valence-electron chi connectivity index (χ3n) is 2.00. The van der Waals surface area contributed by atoms with Crippen LogP contribution in [-0.4, -0.2) is 28.0 Å². The molecule has 1 aromatic heterocycles. The molecule has 1 amide bonds. The average molecular weight is 222 g/mol. The first-order valence-corrected chi connectivity index (χ1v) is 4.93. The largest absolute Gasteiger partial charge is 0.481 e. The quantitative estimate of drug-likeness (QED) is 0.796. The normalized spacial score (nSPS) is 11.9. The molecule has 0 aliphatic rings. The van der Waals surface area contributed by atoms with Crippen LogP contribution in [-0.2, 0) is 4.79 Å². The number of nitrogens with zero attached hydrogens (tertiary/aromatic N) is 1. The van der Waals surface area contributed by atoms with Gasteiger partial charge in [0.2, 0.25) is 0 Å². The van der Waals surface area contributed by atoms with E-state index in [1.54, 1.807) is 19.2 Å². The van der Waals surface area contributed by atoms with E-state index in [0.29, 0.717) is 5.56 Å². The molecular formula is C11H14N2O3. The Morgan fingerprint density at radius 1 is 1.50 bits per heavy atom. The molecule has 2 N–H and O–H groups in total. The van der Waals surface area contributed by atoms with E-state index in [1.165, 1.54) is 6.20 Å². The summed E-state index contributed by atoms with van der Waals surface area (Å²) in [6.45, 7) is 3.49. The topological polar surface area (TPSA) is 79.3 Å². The molecule has 0 saturated heterocycles. The van der Waals surface area contributed by atoms with E-state index in [4.69, 9.17) is 5.11 Å². The first-order valence-electron chi connectivity index (χ1n) is 4.93. The van der Waals surface area contributed by atoms with Gasteiger partial charge in [-0.25, -0.2) is 0 Å². The number of aliphatic carboxylic acids is 1. The van der Waals surface area contributed by atoms with Crippen LogP contribution >= 0.6 is 0 Å². The van der Waals surface area contributed by atoms with Gasteiger partial charge in [0.25, 0.3) is 5.91 Å². The van der Waals surface area contributed by atoms with Crippen molar-refractivity contribution in [3.05, 3.63) is 29.6 Å². The molecule has 0 radical (unpaired) electrons. The van der Waals surface area contributed by atoms with E-state index in [1.807, 2.05) is 6.92 Å². The molecule has 0 aromatic carbocycles. The molecule has 0 aliphatic carbocycles. The number of pyridine rings is 1. The zero-order chi connectivity index (χ0) is 12.1. The van der Waals surface area contributed by atoms with E-state index in [2.05, 4.69) is 10.3 Å². The lowest BCUT2D eigenvalue weighted by atomic mass is 10.2. The van der Waals surface area contributed by atoms with Crippen LogP contribution in [0.3, 0.4) is 0 Å². The van der Waals surface area contributed by atoms with Gasteiger partial charge in [-0.1, -0.05) is 0 Å². The maximum absolute atomic E-state index is 11.6. The summed E-state index contributed by atoms with van der Waals surface area (Å²) in [5.74, 6) is -1.24. The number of carbonyl (C=O) groups is 2.